The number of carboxylic acids is 1. The smallest absolute Gasteiger partial charge is 0.336 e. The Kier molecular flexibility index (Phi) is 5.58. The zero-order chi connectivity index (χ0) is 13.5. The van der Waals surface area contributed by atoms with Gasteiger partial charge in [-0.2, -0.15) is 0 Å². The summed E-state index contributed by atoms with van der Waals surface area (Å²) in [6.07, 6.45) is 4.79. The van der Waals surface area contributed by atoms with E-state index in [9.17, 15) is 4.79 Å². The van der Waals surface area contributed by atoms with E-state index in [0.717, 1.165) is 12.2 Å². The van der Waals surface area contributed by atoms with Crippen molar-refractivity contribution in [3.8, 4) is 0 Å². The average molecular weight is 311 g/mol. The van der Waals surface area contributed by atoms with Gasteiger partial charge in [0.15, 0.2) is 0 Å². The molecular formula is C13H15BrN2O2. The third kappa shape index (κ3) is 4.00. The summed E-state index contributed by atoms with van der Waals surface area (Å²) in [7, 11) is 2.01. The molecule has 1 aromatic heterocycles. The first kappa shape index (κ1) is 14.4. The molecule has 1 N–H and O–H groups in total. The lowest BCUT2D eigenvalue weighted by Gasteiger charge is -1.94. The van der Waals surface area contributed by atoms with Crippen LogP contribution < -0.4 is 0 Å². The number of aromatic carboxylic acids is 1. The van der Waals surface area contributed by atoms with Crippen molar-refractivity contribution in [2.45, 2.75) is 13.3 Å². The van der Waals surface area contributed by atoms with Crippen LogP contribution in [0.25, 0.3) is 0 Å². The molecule has 18 heavy (non-hydrogen) atoms. The average Bonchev–Trinajstić information content (AvgIpc) is 2.76. The van der Waals surface area contributed by atoms with E-state index in [1.54, 1.807) is 24.3 Å². The van der Waals surface area contributed by atoms with Crippen molar-refractivity contribution >= 4 is 21.9 Å². The Morgan fingerprint density at radius 3 is 2.44 bits per heavy atom. The van der Waals surface area contributed by atoms with Crippen LogP contribution >= 0.6 is 15.9 Å². The highest BCUT2D eigenvalue weighted by molar-refractivity contribution is 9.10. The van der Waals surface area contributed by atoms with Gasteiger partial charge < -0.3 is 9.67 Å². The summed E-state index contributed by atoms with van der Waals surface area (Å²) in [4.78, 5) is 14.5. The summed E-state index contributed by atoms with van der Waals surface area (Å²) in [6, 6.07) is 6.71. The topological polar surface area (TPSA) is 55.1 Å². The summed E-state index contributed by atoms with van der Waals surface area (Å²) in [6.45, 7) is 2.10. The maximum atomic E-state index is 10.4. The Morgan fingerprint density at radius 1 is 1.44 bits per heavy atom. The lowest BCUT2D eigenvalue weighted by Crippen LogP contribution is -1.95. The van der Waals surface area contributed by atoms with Crippen molar-refractivity contribution in [2.75, 3.05) is 0 Å². The molecule has 0 spiro atoms. The van der Waals surface area contributed by atoms with E-state index in [1.165, 1.54) is 0 Å². The van der Waals surface area contributed by atoms with Gasteiger partial charge in [-0.15, -0.1) is 0 Å². The molecule has 2 aromatic rings. The summed E-state index contributed by atoms with van der Waals surface area (Å²) >= 11 is 3.12. The molecule has 96 valence electrons. The minimum atomic E-state index is -0.910. The van der Waals surface area contributed by atoms with Gasteiger partial charge in [0.05, 0.1) is 5.56 Å². The first-order chi connectivity index (χ1) is 8.56. The Morgan fingerprint density at radius 2 is 2.11 bits per heavy atom. The highest BCUT2D eigenvalue weighted by atomic mass is 79.9. The van der Waals surface area contributed by atoms with Gasteiger partial charge in [-0.1, -0.05) is 19.1 Å². The second-order valence-corrected chi connectivity index (χ2v) is 4.45. The van der Waals surface area contributed by atoms with Crippen molar-refractivity contribution in [1.29, 1.82) is 0 Å². The molecule has 0 amide bonds. The molecule has 1 heterocycles. The molecule has 0 radical (unpaired) electrons. The van der Waals surface area contributed by atoms with Crippen LogP contribution in [-0.2, 0) is 13.5 Å². The number of rotatable bonds is 2. The Bertz CT molecular complexity index is 523. The van der Waals surface area contributed by atoms with Crippen LogP contribution in [0.5, 0.6) is 0 Å². The second-order valence-electron chi connectivity index (χ2n) is 3.59. The van der Waals surface area contributed by atoms with E-state index in [-0.39, 0.29) is 0 Å². The quantitative estimate of drug-likeness (QED) is 0.927. The van der Waals surface area contributed by atoms with Crippen LogP contribution in [0.2, 0.25) is 0 Å². The fraction of sp³-hybridized carbons (Fsp3) is 0.231. The molecule has 4 nitrogen and oxygen atoms in total. The van der Waals surface area contributed by atoms with Crippen molar-refractivity contribution in [3.63, 3.8) is 0 Å². The van der Waals surface area contributed by atoms with Crippen molar-refractivity contribution in [1.82, 2.24) is 9.55 Å². The van der Waals surface area contributed by atoms with Crippen molar-refractivity contribution in [2.24, 2.45) is 7.05 Å². The molecule has 0 atom stereocenters. The van der Waals surface area contributed by atoms with Crippen LogP contribution in [0, 0.1) is 0 Å². The lowest BCUT2D eigenvalue weighted by atomic mass is 10.2. The minimum absolute atomic E-state index is 0.294. The van der Waals surface area contributed by atoms with E-state index in [4.69, 9.17) is 5.11 Å². The third-order valence-electron chi connectivity index (χ3n) is 2.34. The monoisotopic (exact) mass is 310 g/mol. The van der Waals surface area contributed by atoms with Crippen LogP contribution in [0.1, 0.15) is 23.1 Å². The number of carboxylic acid groups (broad SMARTS) is 1. The van der Waals surface area contributed by atoms with Gasteiger partial charge in [-0.05, 0) is 28.1 Å². The molecule has 0 saturated carbocycles. The van der Waals surface area contributed by atoms with E-state index >= 15 is 0 Å². The largest absolute Gasteiger partial charge is 0.478 e. The number of aryl methyl sites for hydroxylation is 2. The number of carbonyl (C=O) groups is 1. The van der Waals surface area contributed by atoms with Crippen LogP contribution in [0.15, 0.2) is 41.1 Å². The number of hydrogen-bond acceptors (Lipinski definition) is 2. The molecule has 0 aliphatic heterocycles. The van der Waals surface area contributed by atoms with E-state index in [1.807, 2.05) is 24.0 Å². The van der Waals surface area contributed by atoms with Gasteiger partial charge in [0.2, 0.25) is 0 Å². The number of hydrogen-bond donors (Lipinski definition) is 1. The predicted molar refractivity (Wildman–Crippen MR) is 73.7 cm³/mol. The maximum Gasteiger partial charge on any atom is 0.336 e. The summed E-state index contributed by atoms with van der Waals surface area (Å²) in [5.74, 6) is 0.234. The van der Waals surface area contributed by atoms with E-state index in [0.29, 0.717) is 10.0 Å². The number of benzene rings is 1. The minimum Gasteiger partial charge on any atom is -0.478 e. The molecule has 0 unspecified atom stereocenters. The zero-order valence-electron chi connectivity index (χ0n) is 10.3. The van der Waals surface area contributed by atoms with Gasteiger partial charge in [0.25, 0.3) is 0 Å². The van der Waals surface area contributed by atoms with Crippen LogP contribution in [0.4, 0.5) is 0 Å². The van der Waals surface area contributed by atoms with Gasteiger partial charge in [0, 0.05) is 30.3 Å². The predicted octanol–water partition coefficient (Wildman–Crippen LogP) is 3.13. The van der Waals surface area contributed by atoms with Gasteiger partial charge in [0.1, 0.15) is 5.82 Å². The number of nitrogens with zero attached hydrogens (tertiary/aromatic N) is 2. The lowest BCUT2D eigenvalue weighted by molar-refractivity contribution is 0.0696. The van der Waals surface area contributed by atoms with Crippen LogP contribution in [0.3, 0.4) is 0 Å². The fourth-order valence-electron chi connectivity index (χ4n) is 1.37. The summed E-state index contributed by atoms with van der Waals surface area (Å²) in [5.41, 5.74) is 0.294. The van der Waals surface area contributed by atoms with E-state index in [2.05, 4.69) is 27.8 Å². The summed E-state index contributed by atoms with van der Waals surface area (Å²) in [5, 5.41) is 8.54. The Hall–Kier alpha value is -1.62. The summed E-state index contributed by atoms with van der Waals surface area (Å²) < 4.78 is 2.64. The molecular weight excluding hydrogens is 296 g/mol. The highest BCUT2D eigenvalue weighted by Crippen LogP contribution is 2.14. The second kappa shape index (κ2) is 6.96. The standard InChI is InChI=1S/C7H5BrO2.C6H10N2/c8-6-4-2-1-3-5(6)7(9)10;1-3-6-7-4-5-8(6)2/h1-4H,(H,9,10);4-5H,3H2,1-2H3. The molecule has 0 aliphatic rings. The van der Waals surface area contributed by atoms with Gasteiger partial charge >= 0.3 is 5.97 Å². The van der Waals surface area contributed by atoms with Crippen molar-refractivity contribution in [3.05, 3.63) is 52.5 Å². The molecule has 0 fully saturated rings. The highest BCUT2D eigenvalue weighted by Gasteiger charge is 2.04. The molecule has 1 aromatic carbocycles. The third-order valence-corrected chi connectivity index (χ3v) is 3.03. The molecule has 0 saturated heterocycles. The number of aromatic nitrogens is 2. The molecule has 2 rings (SSSR count). The fourth-order valence-corrected chi connectivity index (χ4v) is 1.83. The Labute approximate surface area is 114 Å². The number of imidazole rings is 1. The SMILES string of the molecule is CCc1nccn1C.O=C(O)c1ccccc1Br. The first-order valence-corrected chi connectivity index (χ1v) is 6.29. The zero-order valence-corrected chi connectivity index (χ0v) is 11.9. The van der Waals surface area contributed by atoms with E-state index < -0.39 is 5.97 Å². The van der Waals surface area contributed by atoms with Gasteiger partial charge in [-0.3, -0.25) is 0 Å². The van der Waals surface area contributed by atoms with Gasteiger partial charge in [-0.25, -0.2) is 9.78 Å². The number of halogens is 1. The molecule has 0 aliphatic carbocycles. The normalized spacial score (nSPS) is 9.50. The maximum absolute atomic E-state index is 10.4. The molecule has 0 bridgehead atoms. The van der Waals surface area contributed by atoms with Crippen molar-refractivity contribution < 1.29 is 9.90 Å². The first-order valence-electron chi connectivity index (χ1n) is 5.50. The van der Waals surface area contributed by atoms with Crippen LogP contribution in [-0.4, -0.2) is 20.6 Å². The Balaban J connectivity index is 0.000000184. The molecule has 5 heteroatoms.